The van der Waals surface area contributed by atoms with Gasteiger partial charge in [-0.05, 0) is 24.1 Å². The lowest BCUT2D eigenvalue weighted by Crippen LogP contribution is -2.43. The number of aromatic hydroxyl groups is 2. The van der Waals surface area contributed by atoms with Crippen LogP contribution in [0, 0.1) is 0 Å². The number of carboxylic acid groups (broad SMARTS) is 2. The van der Waals surface area contributed by atoms with Gasteiger partial charge in [-0.2, -0.15) is 0 Å². The first-order valence-corrected chi connectivity index (χ1v) is 6.72. The molecule has 7 N–H and O–H groups in total. The van der Waals surface area contributed by atoms with Crippen LogP contribution in [0.3, 0.4) is 0 Å². The van der Waals surface area contributed by atoms with Crippen molar-refractivity contribution in [3.05, 3.63) is 23.8 Å². The van der Waals surface area contributed by atoms with Crippen molar-refractivity contribution >= 4 is 17.8 Å². The number of carboxylic acids is 2. The maximum absolute atomic E-state index is 11.7. The van der Waals surface area contributed by atoms with Gasteiger partial charge in [0.25, 0.3) is 0 Å². The number of hydrogen-bond donors (Lipinski definition) is 6. The molecule has 23 heavy (non-hydrogen) atoms. The van der Waals surface area contributed by atoms with Gasteiger partial charge >= 0.3 is 11.9 Å². The fraction of sp³-hybridized carbons (Fsp3) is 0.357. The van der Waals surface area contributed by atoms with E-state index in [1.165, 1.54) is 18.2 Å². The zero-order valence-electron chi connectivity index (χ0n) is 12.1. The van der Waals surface area contributed by atoms with E-state index < -0.39 is 35.7 Å². The fourth-order valence-corrected chi connectivity index (χ4v) is 1.81. The molecule has 0 aliphatic rings. The molecule has 0 aromatic heterocycles. The molecule has 0 heterocycles. The lowest BCUT2D eigenvalue weighted by Gasteiger charge is -2.15. The first kappa shape index (κ1) is 18.2. The third-order valence-electron chi connectivity index (χ3n) is 3.11. The topological polar surface area (TPSA) is 170 Å². The van der Waals surface area contributed by atoms with Gasteiger partial charge in [0.05, 0.1) is 0 Å². The van der Waals surface area contributed by atoms with E-state index in [4.69, 9.17) is 15.9 Å². The van der Waals surface area contributed by atoms with Crippen LogP contribution in [-0.2, 0) is 20.8 Å². The van der Waals surface area contributed by atoms with Crippen molar-refractivity contribution in [1.29, 1.82) is 0 Å². The Balaban J connectivity index is 2.64. The highest BCUT2D eigenvalue weighted by atomic mass is 16.4. The molecule has 9 heteroatoms. The van der Waals surface area contributed by atoms with Crippen molar-refractivity contribution in [2.24, 2.45) is 5.73 Å². The third-order valence-corrected chi connectivity index (χ3v) is 3.11. The van der Waals surface area contributed by atoms with Gasteiger partial charge in [0.2, 0.25) is 5.91 Å². The summed E-state index contributed by atoms with van der Waals surface area (Å²) in [5, 5.41) is 38.6. The Labute approximate surface area is 131 Å². The van der Waals surface area contributed by atoms with Crippen LogP contribution in [0.4, 0.5) is 0 Å². The number of benzene rings is 1. The zero-order valence-corrected chi connectivity index (χ0v) is 12.1. The number of amides is 1. The van der Waals surface area contributed by atoms with Crippen LogP contribution in [0.25, 0.3) is 0 Å². The predicted octanol–water partition coefficient (Wildman–Crippen LogP) is -0.598. The smallest absolute Gasteiger partial charge is 0.326 e. The van der Waals surface area contributed by atoms with E-state index in [0.29, 0.717) is 5.56 Å². The summed E-state index contributed by atoms with van der Waals surface area (Å²) < 4.78 is 0. The van der Waals surface area contributed by atoms with Crippen LogP contribution in [0.15, 0.2) is 18.2 Å². The molecule has 1 aromatic carbocycles. The van der Waals surface area contributed by atoms with Gasteiger partial charge in [-0.1, -0.05) is 6.07 Å². The summed E-state index contributed by atoms with van der Waals surface area (Å²) in [6.07, 6.45) is -0.453. The van der Waals surface area contributed by atoms with Gasteiger partial charge in [-0.15, -0.1) is 0 Å². The number of nitrogens with two attached hydrogens (primary N) is 1. The average molecular weight is 326 g/mol. The summed E-state index contributed by atoms with van der Waals surface area (Å²) in [5.74, 6) is -3.91. The van der Waals surface area contributed by atoms with Crippen molar-refractivity contribution in [1.82, 2.24) is 5.32 Å². The highest BCUT2D eigenvalue weighted by Crippen LogP contribution is 2.25. The average Bonchev–Trinajstić information content (AvgIpc) is 2.47. The molecular weight excluding hydrogens is 308 g/mol. The second kappa shape index (κ2) is 7.99. The van der Waals surface area contributed by atoms with E-state index >= 15 is 0 Å². The molecule has 2 atom stereocenters. The number of aliphatic carboxylic acids is 2. The van der Waals surface area contributed by atoms with Gasteiger partial charge in [0.1, 0.15) is 12.1 Å². The van der Waals surface area contributed by atoms with Crippen molar-refractivity contribution < 1.29 is 34.8 Å². The van der Waals surface area contributed by atoms with Crippen molar-refractivity contribution in [2.45, 2.75) is 31.3 Å². The van der Waals surface area contributed by atoms with Gasteiger partial charge in [-0.3, -0.25) is 9.59 Å². The Morgan fingerprint density at radius 1 is 1.09 bits per heavy atom. The lowest BCUT2D eigenvalue weighted by atomic mass is 10.0. The number of rotatable bonds is 8. The van der Waals surface area contributed by atoms with Gasteiger partial charge in [0.15, 0.2) is 11.5 Å². The zero-order chi connectivity index (χ0) is 17.6. The Morgan fingerprint density at radius 3 is 2.26 bits per heavy atom. The summed E-state index contributed by atoms with van der Waals surface area (Å²) >= 11 is 0. The molecule has 0 fully saturated rings. The van der Waals surface area contributed by atoms with Gasteiger partial charge in [-0.25, -0.2) is 4.79 Å². The molecule has 0 aliphatic carbocycles. The van der Waals surface area contributed by atoms with E-state index in [2.05, 4.69) is 5.32 Å². The van der Waals surface area contributed by atoms with Gasteiger partial charge < -0.3 is 31.5 Å². The molecule has 0 spiro atoms. The maximum atomic E-state index is 11.7. The molecule has 1 aromatic rings. The number of phenolic OH excluding ortho intramolecular Hbond substituents is 2. The monoisotopic (exact) mass is 326 g/mol. The highest BCUT2D eigenvalue weighted by molar-refractivity contribution is 5.84. The predicted molar refractivity (Wildman–Crippen MR) is 77.9 cm³/mol. The Morgan fingerprint density at radius 2 is 1.74 bits per heavy atom. The van der Waals surface area contributed by atoms with Crippen molar-refractivity contribution in [3.63, 3.8) is 0 Å². The quantitative estimate of drug-likeness (QED) is 0.344. The Bertz CT molecular complexity index is 603. The molecule has 0 unspecified atom stereocenters. The Hall–Kier alpha value is -2.81. The minimum atomic E-state index is -1.28. The molecule has 0 saturated carbocycles. The lowest BCUT2D eigenvalue weighted by molar-refractivity contribution is -0.142. The highest BCUT2D eigenvalue weighted by Gasteiger charge is 2.22. The van der Waals surface area contributed by atoms with Gasteiger partial charge in [0, 0.05) is 12.8 Å². The molecule has 0 radical (unpaired) electrons. The minimum absolute atomic E-state index is 0.111. The summed E-state index contributed by atoms with van der Waals surface area (Å²) in [4.78, 5) is 33.4. The second-order valence-electron chi connectivity index (χ2n) is 4.97. The fourth-order valence-electron chi connectivity index (χ4n) is 1.81. The van der Waals surface area contributed by atoms with Crippen LogP contribution in [0.1, 0.15) is 18.4 Å². The van der Waals surface area contributed by atoms with Crippen LogP contribution in [0.5, 0.6) is 11.5 Å². The van der Waals surface area contributed by atoms with E-state index in [1.54, 1.807) is 0 Å². The molecule has 0 aliphatic heterocycles. The third kappa shape index (κ3) is 5.83. The first-order valence-electron chi connectivity index (χ1n) is 6.72. The number of nitrogens with one attached hydrogen (secondary N) is 1. The molecular formula is C14H18N2O7. The SMILES string of the molecule is N[C@@H](CCC(=O)N[C@@H](Cc1ccc(O)c(O)c1)C(=O)O)C(=O)O. The number of carbonyl (C=O) groups is 3. The number of hydrogen-bond acceptors (Lipinski definition) is 6. The van der Waals surface area contributed by atoms with Crippen molar-refractivity contribution in [3.8, 4) is 11.5 Å². The molecule has 0 bridgehead atoms. The summed E-state index contributed by atoms with van der Waals surface area (Å²) in [5.41, 5.74) is 5.66. The van der Waals surface area contributed by atoms with Crippen LogP contribution in [0.2, 0.25) is 0 Å². The van der Waals surface area contributed by atoms with E-state index in [9.17, 15) is 24.6 Å². The van der Waals surface area contributed by atoms with Crippen molar-refractivity contribution in [2.75, 3.05) is 0 Å². The summed E-state index contributed by atoms with van der Waals surface area (Å²) in [6, 6.07) is 1.36. The molecule has 126 valence electrons. The summed E-state index contributed by atoms with van der Waals surface area (Å²) in [7, 11) is 0. The van der Waals surface area contributed by atoms with Crippen LogP contribution in [-0.4, -0.2) is 50.4 Å². The second-order valence-corrected chi connectivity index (χ2v) is 4.97. The number of phenols is 2. The normalized spacial score (nSPS) is 13.1. The largest absolute Gasteiger partial charge is 0.504 e. The molecule has 1 amide bonds. The van der Waals surface area contributed by atoms with E-state index in [-0.39, 0.29) is 25.0 Å². The van der Waals surface area contributed by atoms with E-state index in [1.807, 2.05) is 0 Å². The summed E-state index contributed by atoms with van der Waals surface area (Å²) in [6.45, 7) is 0. The molecule has 9 nitrogen and oxygen atoms in total. The first-order chi connectivity index (χ1) is 10.7. The van der Waals surface area contributed by atoms with Crippen LogP contribution < -0.4 is 11.1 Å². The van der Waals surface area contributed by atoms with E-state index in [0.717, 1.165) is 0 Å². The molecule has 1 rings (SSSR count). The standard InChI is InChI=1S/C14H18N2O7/c15-8(13(20)21)2-4-12(19)16-9(14(22)23)5-7-1-3-10(17)11(18)6-7/h1,3,6,8-9,17-18H,2,4-5,15H2,(H,16,19)(H,20,21)(H,22,23)/t8-,9-/m0/s1. The molecule has 0 saturated heterocycles. The maximum Gasteiger partial charge on any atom is 0.326 e. The minimum Gasteiger partial charge on any atom is -0.504 e. The van der Waals surface area contributed by atoms with Crippen LogP contribution >= 0.6 is 0 Å². The number of carbonyl (C=O) groups excluding carboxylic acids is 1. The Kier molecular flexibility index (Phi) is 6.34.